The summed E-state index contributed by atoms with van der Waals surface area (Å²) in [4.78, 5) is 10.3. The Balaban J connectivity index is 3.45. The fourth-order valence-electron chi connectivity index (χ4n) is 0.957. The molecule has 0 atom stereocenters. The lowest BCUT2D eigenvalue weighted by Crippen LogP contribution is -2.07. The summed E-state index contributed by atoms with van der Waals surface area (Å²) in [7, 11) is 0. The molecule has 82 valence electrons. The third kappa shape index (κ3) is 2.18. The number of halogens is 5. The van der Waals surface area contributed by atoms with Gasteiger partial charge in [0, 0.05) is 5.56 Å². The average molecular weight is 259 g/mol. The van der Waals surface area contributed by atoms with Crippen molar-refractivity contribution < 1.29 is 23.1 Å². The zero-order chi connectivity index (χ0) is 11.7. The van der Waals surface area contributed by atoms with Crippen LogP contribution in [0.5, 0.6) is 0 Å². The molecule has 0 spiro atoms. The molecule has 15 heavy (non-hydrogen) atoms. The number of rotatable bonds is 2. The Morgan fingerprint density at radius 3 is 2.07 bits per heavy atom. The Morgan fingerprint density at radius 2 is 1.60 bits per heavy atom. The third-order valence-electron chi connectivity index (χ3n) is 1.63. The van der Waals surface area contributed by atoms with Crippen LogP contribution in [0.3, 0.4) is 0 Å². The lowest BCUT2D eigenvalue weighted by molar-refractivity contribution is -0.136. The van der Waals surface area contributed by atoms with E-state index >= 15 is 0 Å². The van der Waals surface area contributed by atoms with Crippen molar-refractivity contribution in [1.29, 1.82) is 0 Å². The Bertz CT molecular complexity index is 405. The van der Waals surface area contributed by atoms with Crippen LogP contribution in [0.15, 0.2) is 0 Å². The first-order chi connectivity index (χ1) is 6.86. The first kappa shape index (κ1) is 12.1. The van der Waals surface area contributed by atoms with Gasteiger partial charge in [-0.3, -0.25) is 4.79 Å². The van der Waals surface area contributed by atoms with E-state index in [0.29, 0.717) is 0 Å². The number of hydrogen-bond acceptors (Lipinski definition) is 1. The minimum absolute atomic E-state index is 0.761. The summed E-state index contributed by atoms with van der Waals surface area (Å²) in [5, 5.41) is 6.45. The maximum absolute atomic E-state index is 13.1. The van der Waals surface area contributed by atoms with Crippen molar-refractivity contribution >= 4 is 29.2 Å². The molecule has 1 aromatic rings. The standard InChI is InChI=1S/C8H3Cl2F3O2/c9-4-2(1-3(14)15)6(11)8(13)5(10)7(4)12/h1H2,(H,14,15). The molecule has 0 aliphatic rings. The molecular weight excluding hydrogens is 256 g/mol. The highest BCUT2D eigenvalue weighted by molar-refractivity contribution is 6.35. The second-order valence-electron chi connectivity index (χ2n) is 2.62. The summed E-state index contributed by atoms with van der Waals surface area (Å²) in [6, 6.07) is 0. The van der Waals surface area contributed by atoms with Crippen molar-refractivity contribution in [3.8, 4) is 0 Å². The lowest BCUT2D eigenvalue weighted by Gasteiger charge is -2.07. The van der Waals surface area contributed by atoms with Gasteiger partial charge in [-0.05, 0) is 0 Å². The van der Waals surface area contributed by atoms with E-state index in [9.17, 15) is 18.0 Å². The lowest BCUT2D eigenvalue weighted by atomic mass is 10.1. The molecule has 0 aromatic heterocycles. The minimum Gasteiger partial charge on any atom is -0.481 e. The maximum Gasteiger partial charge on any atom is 0.307 e. The second-order valence-corrected chi connectivity index (χ2v) is 3.37. The van der Waals surface area contributed by atoms with Crippen molar-refractivity contribution in [1.82, 2.24) is 0 Å². The van der Waals surface area contributed by atoms with Gasteiger partial charge in [-0.2, -0.15) is 0 Å². The summed E-state index contributed by atoms with van der Waals surface area (Å²) in [5.74, 6) is -6.02. The van der Waals surface area contributed by atoms with E-state index in [1.54, 1.807) is 0 Å². The quantitative estimate of drug-likeness (QED) is 0.654. The van der Waals surface area contributed by atoms with Gasteiger partial charge < -0.3 is 5.11 Å². The Hall–Kier alpha value is -0.940. The van der Waals surface area contributed by atoms with Crippen LogP contribution >= 0.6 is 23.2 Å². The number of carboxylic acid groups (broad SMARTS) is 1. The molecule has 0 aliphatic heterocycles. The van der Waals surface area contributed by atoms with E-state index in [2.05, 4.69) is 0 Å². The smallest absolute Gasteiger partial charge is 0.307 e. The van der Waals surface area contributed by atoms with Crippen LogP contribution in [-0.4, -0.2) is 11.1 Å². The van der Waals surface area contributed by atoms with E-state index in [1.165, 1.54) is 0 Å². The summed E-state index contributed by atoms with van der Waals surface area (Å²) >= 11 is 10.4. The van der Waals surface area contributed by atoms with Crippen molar-refractivity contribution in [2.24, 2.45) is 0 Å². The molecule has 7 heteroatoms. The molecule has 0 radical (unpaired) electrons. The Morgan fingerprint density at radius 1 is 1.07 bits per heavy atom. The first-order valence-corrected chi connectivity index (χ1v) is 4.34. The van der Waals surface area contributed by atoms with Gasteiger partial charge in [0.1, 0.15) is 5.02 Å². The van der Waals surface area contributed by atoms with Gasteiger partial charge in [0.15, 0.2) is 17.5 Å². The third-order valence-corrected chi connectivity index (χ3v) is 2.35. The van der Waals surface area contributed by atoms with Gasteiger partial charge in [-0.25, -0.2) is 13.2 Å². The van der Waals surface area contributed by atoms with Gasteiger partial charge in [0.2, 0.25) is 0 Å². The average Bonchev–Trinajstić information content (AvgIpc) is 2.18. The van der Waals surface area contributed by atoms with Crippen molar-refractivity contribution in [2.45, 2.75) is 6.42 Å². The number of carboxylic acids is 1. The molecule has 0 fully saturated rings. The molecule has 0 saturated carbocycles. The minimum atomic E-state index is -1.64. The zero-order valence-corrected chi connectivity index (χ0v) is 8.46. The van der Waals surface area contributed by atoms with E-state index < -0.39 is 45.5 Å². The van der Waals surface area contributed by atoms with Crippen LogP contribution in [0.4, 0.5) is 13.2 Å². The molecule has 0 saturated heterocycles. The molecule has 1 N–H and O–H groups in total. The van der Waals surface area contributed by atoms with Gasteiger partial charge in [0.05, 0.1) is 11.4 Å². The topological polar surface area (TPSA) is 37.3 Å². The molecule has 0 amide bonds. The van der Waals surface area contributed by atoms with E-state index in [0.717, 1.165) is 0 Å². The molecule has 0 unspecified atom stereocenters. The summed E-state index contributed by atoms with van der Waals surface area (Å²) in [6.07, 6.45) is -0.921. The van der Waals surface area contributed by atoms with Gasteiger partial charge in [0.25, 0.3) is 0 Å². The number of aliphatic carboxylic acids is 1. The van der Waals surface area contributed by atoms with Crippen LogP contribution < -0.4 is 0 Å². The number of carbonyl (C=O) groups is 1. The van der Waals surface area contributed by atoms with Crippen LogP contribution in [0.2, 0.25) is 10.0 Å². The molecule has 1 aromatic carbocycles. The van der Waals surface area contributed by atoms with Crippen LogP contribution in [0, 0.1) is 17.5 Å². The van der Waals surface area contributed by atoms with Crippen molar-refractivity contribution in [3.63, 3.8) is 0 Å². The van der Waals surface area contributed by atoms with E-state index in [1.807, 2.05) is 0 Å². The normalized spacial score (nSPS) is 10.5. The fraction of sp³-hybridized carbons (Fsp3) is 0.125. The molecule has 0 bridgehead atoms. The predicted molar refractivity (Wildman–Crippen MR) is 47.7 cm³/mol. The SMILES string of the molecule is O=C(O)Cc1c(F)c(F)c(Cl)c(F)c1Cl. The highest BCUT2D eigenvalue weighted by atomic mass is 35.5. The first-order valence-electron chi connectivity index (χ1n) is 3.58. The van der Waals surface area contributed by atoms with Gasteiger partial charge in [-0.15, -0.1) is 0 Å². The Labute approximate surface area is 92.2 Å². The largest absolute Gasteiger partial charge is 0.481 e. The van der Waals surface area contributed by atoms with Crippen molar-refractivity contribution in [3.05, 3.63) is 33.1 Å². The Kier molecular flexibility index (Phi) is 3.46. The maximum atomic E-state index is 13.1. The van der Waals surface area contributed by atoms with Crippen LogP contribution in [0.1, 0.15) is 5.56 Å². The predicted octanol–water partition coefficient (Wildman–Crippen LogP) is 3.04. The zero-order valence-electron chi connectivity index (χ0n) is 6.95. The molecule has 0 aliphatic carbocycles. The van der Waals surface area contributed by atoms with E-state index in [4.69, 9.17) is 28.3 Å². The number of hydrogen-bond donors (Lipinski definition) is 1. The van der Waals surface area contributed by atoms with Crippen molar-refractivity contribution in [2.75, 3.05) is 0 Å². The van der Waals surface area contributed by atoms with Crippen LogP contribution in [0.25, 0.3) is 0 Å². The molecule has 2 nitrogen and oxygen atoms in total. The van der Waals surface area contributed by atoms with E-state index in [-0.39, 0.29) is 0 Å². The molecular formula is C8H3Cl2F3O2. The number of benzene rings is 1. The molecule has 0 heterocycles. The second kappa shape index (κ2) is 4.28. The highest BCUT2D eigenvalue weighted by Gasteiger charge is 2.24. The summed E-state index contributed by atoms with van der Waals surface area (Å²) in [6.45, 7) is 0. The fourth-order valence-corrected chi connectivity index (χ4v) is 1.43. The molecule has 1 rings (SSSR count). The monoisotopic (exact) mass is 258 g/mol. The van der Waals surface area contributed by atoms with Gasteiger partial charge >= 0.3 is 5.97 Å². The van der Waals surface area contributed by atoms with Crippen LogP contribution in [-0.2, 0) is 11.2 Å². The summed E-state index contributed by atoms with van der Waals surface area (Å²) < 4.78 is 39.0. The summed E-state index contributed by atoms with van der Waals surface area (Å²) in [5.41, 5.74) is -0.761. The van der Waals surface area contributed by atoms with Gasteiger partial charge in [-0.1, -0.05) is 23.2 Å². The highest BCUT2D eigenvalue weighted by Crippen LogP contribution is 2.32.